The van der Waals surface area contributed by atoms with Gasteiger partial charge in [0.15, 0.2) is 0 Å². The lowest BCUT2D eigenvalue weighted by Gasteiger charge is -2.23. The molecule has 1 unspecified atom stereocenters. The molecule has 0 saturated carbocycles. The van der Waals surface area contributed by atoms with Gasteiger partial charge in [-0.25, -0.2) is 0 Å². The first kappa shape index (κ1) is 12.2. The summed E-state index contributed by atoms with van der Waals surface area (Å²) in [6, 6.07) is 0. The van der Waals surface area contributed by atoms with Crippen LogP contribution in [0.2, 0.25) is 0 Å². The Hall–Kier alpha value is -0.900. The van der Waals surface area contributed by atoms with Crippen molar-refractivity contribution in [2.45, 2.75) is 26.2 Å². The second-order valence-corrected chi connectivity index (χ2v) is 3.77. The van der Waals surface area contributed by atoms with Gasteiger partial charge in [0.2, 0.25) is 0 Å². The Bertz CT molecular complexity index is 231. The molecule has 86 valence electrons. The fourth-order valence-corrected chi connectivity index (χ4v) is 1.89. The van der Waals surface area contributed by atoms with Gasteiger partial charge < -0.3 is 9.47 Å². The summed E-state index contributed by atoms with van der Waals surface area (Å²) in [6.07, 6.45) is 1.97. The monoisotopic (exact) mass is 214 g/mol. The normalized spacial score (nSPS) is 19.6. The fourth-order valence-electron chi connectivity index (χ4n) is 1.89. The summed E-state index contributed by atoms with van der Waals surface area (Å²) in [5, 5.41) is 0. The first-order valence-electron chi connectivity index (χ1n) is 5.40. The van der Waals surface area contributed by atoms with Crippen LogP contribution in [0.1, 0.15) is 26.2 Å². The van der Waals surface area contributed by atoms with E-state index in [9.17, 15) is 9.59 Å². The quantitative estimate of drug-likeness (QED) is 0.521. The third-order valence-electron chi connectivity index (χ3n) is 2.86. The first-order valence-corrected chi connectivity index (χ1v) is 5.40. The minimum Gasteiger partial charge on any atom is -0.468 e. The molecule has 1 rings (SSSR count). The number of carbonyl (C=O) groups excluding carboxylic acids is 2. The van der Waals surface area contributed by atoms with E-state index in [0.717, 1.165) is 12.8 Å². The number of ketones is 1. The lowest BCUT2D eigenvalue weighted by atomic mass is 9.86. The Labute approximate surface area is 89.9 Å². The molecule has 1 saturated heterocycles. The third-order valence-corrected chi connectivity index (χ3v) is 2.86. The van der Waals surface area contributed by atoms with Crippen LogP contribution in [-0.4, -0.2) is 32.1 Å². The highest BCUT2D eigenvalue weighted by atomic mass is 16.5. The van der Waals surface area contributed by atoms with Crippen LogP contribution in [0.3, 0.4) is 0 Å². The minimum absolute atomic E-state index is 0.0210. The molecule has 1 aliphatic heterocycles. The smallest absolute Gasteiger partial charge is 0.316 e. The van der Waals surface area contributed by atoms with Crippen molar-refractivity contribution in [3.05, 3.63) is 0 Å². The molecule has 0 aliphatic carbocycles. The highest BCUT2D eigenvalue weighted by Crippen LogP contribution is 2.22. The van der Waals surface area contributed by atoms with E-state index in [0.29, 0.717) is 19.6 Å². The number of hydrogen-bond acceptors (Lipinski definition) is 4. The van der Waals surface area contributed by atoms with Gasteiger partial charge in [0.25, 0.3) is 0 Å². The minimum atomic E-state index is -0.585. The molecule has 0 spiro atoms. The van der Waals surface area contributed by atoms with Crippen molar-refractivity contribution in [3.63, 3.8) is 0 Å². The van der Waals surface area contributed by atoms with E-state index in [1.165, 1.54) is 7.11 Å². The van der Waals surface area contributed by atoms with Crippen LogP contribution in [0, 0.1) is 11.8 Å². The van der Waals surface area contributed by atoms with E-state index in [2.05, 4.69) is 4.74 Å². The summed E-state index contributed by atoms with van der Waals surface area (Å²) in [5.41, 5.74) is 0. The van der Waals surface area contributed by atoms with Crippen LogP contribution in [-0.2, 0) is 19.1 Å². The highest BCUT2D eigenvalue weighted by molar-refractivity contribution is 6.00. The van der Waals surface area contributed by atoms with E-state index < -0.39 is 11.9 Å². The molecule has 0 aromatic carbocycles. The molecule has 1 aliphatic rings. The van der Waals surface area contributed by atoms with Crippen LogP contribution in [0.4, 0.5) is 0 Å². The Balaban J connectivity index is 2.58. The van der Waals surface area contributed by atoms with Gasteiger partial charge >= 0.3 is 5.97 Å². The van der Waals surface area contributed by atoms with Crippen LogP contribution in [0.25, 0.3) is 0 Å². The predicted molar refractivity (Wildman–Crippen MR) is 54.3 cm³/mol. The summed E-state index contributed by atoms with van der Waals surface area (Å²) in [6.45, 7) is 3.07. The van der Waals surface area contributed by atoms with Crippen LogP contribution in [0.5, 0.6) is 0 Å². The van der Waals surface area contributed by atoms with Crippen molar-refractivity contribution in [2.75, 3.05) is 20.3 Å². The number of hydrogen-bond donors (Lipinski definition) is 0. The van der Waals surface area contributed by atoms with Crippen LogP contribution in [0.15, 0.2) is 0 Å². The predicted octanol–water partition coefficient (Wildman–Crippen LogP) is 1.18. The van der Waals surface area contributed by atoms with E-state index in [1.54, 1.807) is 0 Å². The van der Waals surface area contributed by atoms with Crippen LogP contribution >= 0.6 is 0 Å². The molecule has 0 bridgehead atoms. The Morgan fingerprint density at radius 1 is 1.40 bits per heavy atom. The van der Waals surface area contributed by atoms with Gasteiger partial charge in [-0.3, -0.25) is 9.59 Å². The summed E-state index contributed by atoms with van der Waals surface area (Å²) in [5.74, 6) is -0.998. The fraction of sp³-hybridized carbons (Fsp3) is 0.818. The molecule has 15 heavy (non-hydrogen) atoms. The van der Waals surface area contributed by atoms with E-state index in [-0.39, 0.29) is 11.7 Å². The second-order valence-electron chi connectivity index (χ2n) is 3.77. The largest absolute Gasteiger partial charge is 0.468 e. The molecule has 1 heterocycles. The van der Waals surface area contributed by atoms with Gasteiger partial charge in [-0.1, -0.05) is 6.92 Å². The van der Waals surface area contributed by atoms with Crippen molar-refractivity contribution in [2.24, 2.45) is 11.8 Å². The number of methoxy groups -OCH3 is 1. The number of rotatable bonds is 4. The summed E-state index contributed by atoms with van der Waals surface area (Å²) < 4.78 is 9.81. The molecule has 0 radical (unpaired) electrons. The zero-order chi connectivity index (χ0) is 11.3. The molecule has 0 N–H and O–H groups in total. The van der Waals surface area contributed by atoms with Gasteiger partial charge in [0, 0.05) is 19.1 Å². The lowest BCUT2D eigenvalue weighted by molar-refractivity contribution is -0.151. The molecular weight excluding hydrogens is 196 g/mol. The van der Waals surface area contributed by atoms with Crippen molar-refractivity contribution >= 4 is 11.8 Å². The van der Waals surface area contributed by atoms with Crippen molar-refractivity contribution in [3.8, 4) is 0 Å². The van der Waals surface area contributed by atoms with E-state index >= 15 is 0 Å². The van der Waals surface area contributed by atoms with E-state index in [4.69, 9.17) is 4.74 Å². The topological polar surface area (TPSA) is 52.6 Å². The average Bonchev–Trinajstić information content (AvgIpc) is 2.30. The molecule has 4 heteroatoms. The summed E-state index contributed by atoms with van der Waals surface area (Å²) >= 11 is 0. The molecule has 0 aromatic heterocycles. The maximum absolute atomic E-state index is 12.0. The number of ether oxygens (including phenoxy) is 2. The second kappa shape index (κ2) is 5.85. The summed E-state index contributed by atoms with van der Waals surface area (Å²) in [4.78, 5) is 23.3. The van der Waals surface area contributed by atoms with Crippen molar-refractivity contribution in [1.82, 2.24) is 0 Å². The molecule has 1 fully saturated rings. The standard InChI is InChI=1S/C11H18O4/c1-3-9(11(13)14-2)10(12)8-4-6-15-7-5-8/h8-9H,3-7H2,1-2H3. The Morgan fingerprint density at radius 3 is 2.47 bits per heavy atom. The summed E-state index contributed by atoms with van der Waals surface area (Å²) in [7, 11) is 1.32. The molecule has 0 amide bonds. The van der Waals surface area contributed by atoms with Crippen LogP contribution < -0.4 is 0 Å². The Kier molecular flexibility index (Phi) is 4.75. The first-order chi connectivity index (χ1) is 7.20. The maximum Gasteiger partial charge on any atom is 0.316 e. The Morgan fingerprint density at radius 2 is 2.00 bits per heavy atom. The zero-order valence-electron chi connectivity index (χ0n) is 9.32. The third kappa shape index (κ3) is 3.02. The lowest BCUT2D eigenvalue weighted by Crippen LogP contribution is -2.33. The van der Waals surface area contributed by atoms with Crippen molar-refractivity contribution in [1.29, 1.82) is 0 Å². The van der Waals surface area contributed by atoms with Gasteiger partial charge in [0.05, 0.1) is 7.11 Å². The zero-order valence-corrected chi connectivity index (χ0v) is 9.32. The number of Topliss-reactive ketones (excluding diaryl/α,β-unsaturated/α-hetero) is 1. The van der Waals surface area contributed by atoms with Gasteiger partial charge in [-0.2, -0.15) is 0 Å². The molecule has 1 atom stereocenters. The molecular formula is C11H18O4. The number of esters is 1. The molecule has 0 aromatic rings. The average molecular weight is 214 g/mol. The van der Waals surface area contributed by atoms with Gasteiger partial charge in [0.1, 0.15) is 11.7 Å². The maximum atomic E-state index is 12.0. The number of carbonyl (C=O) groups is 2. The molecule has 4 nitrogen and oxygen atoms in total. The van der Waals surface area contributed by atoms with Gasteiger partial charge in [-0.05, 0) is 19.3 Å². The van der Waals surface area contributed by atoms with Gasteiger partial charge in [-0.15, -0.1) is 0 Å². The van der Waals surface area contributed by atoms with E-state index in [1.807, 2.05) is 6.92 Å². The highest BCUT2D eigenvalue weighted by Gasteiger charge is 2.32. The SMILES string of the molecule is CCC(C(=O)OC)C(=O)C1CCOCC1. The van der Waals surface area contributed by atoms with Crippen molar-refractivity contribution < 1.29 is 19.1 Å².